The largest absolute Gasteiger partial charge is 0.394 e. The molecule has 2 rings (SSSR count). The number of primary amides is 1. The van der Waals surface area contributed by atoms with Crippen LogP contribution in [-0.4, -0.2) is 117 Å². The number of nitrogens with one attached hydrogen (secondary N) is 4. The van der Waals surface area contributed by atoms with E-state index in [1.54, 1.807) is 0 Å². The molecule has 1 aliphatic rings. The molecule has 1 fully saturated rings. The van der Waals surface area contributed by atoms with Gasteiger partial charge in [-0.2, -0.15) is 4.98 Å². The Bertz CT molecular complexity index is 1050. The van der Waals surface area contributed by atoms with Crippen molar-refractivity contribution in [1.29, 1.82) is 0 Å². The molecule has 0 aromatic carbocycles. The molecule has 206 valence electrons. The van der Waals surface area contributed by atoms with E-state index in [4.69, 9.17) is 16.2 Å². The van der Waals surface area contributed by atoms with Crippen LogP contribution in [0.25, 0.3) is 0 Å². The molecule has 0 spiro atoms. The summed E-state index contributed by atoms with van der Waals surface area (Å²) >= 11 is 0. The zero-order chi connectivity index (χ0) is 27.9. The Balaban J connectivity index is 2.18. The summed E-state index contributed by atoms with van der Waals surface area (Å²) in [5.41, 5.74) is 9.80. The average Bonchev–Trinajstić information content (AvgIpc) is 2.84. The molecule has 0 unspecified atom stereocenters. The van der Waals surface area contributed by atoms with Crippen LogP contribution in [0.15, 0.2) is 17.1 Å². The third-order valence-electron chi connectivity index (χ3n) is 5.32. The number of aliphatic hydroxyl groups is 4. The lowest BCUT2D eigenvalue weighted by Crippen LogP contribution is -2.67. The van der Waals surface area contributed by atoms with Gasteiger partial charge in [0.05, 0.1) is 25.8 Å². The fourth-order valence-corrected chi connectivity index (χ4v) is 3.46. The second-order valence-electron chi connectivity index (χ2n) is 7.98. The Morgan fingerprint density at radius 1 is 1.11 bits per heavy atom. The maximum absolute atomic E-state index is 12.8. The van der Waals surface area contributed by atoms with Crippen molar-refractivity contribution in [2.24, 2.45) is 5.73 Å². The summed E-state index contributed by atoms with van der Waals surface area (Å²) in [4.78, 5) is 64.5. The number of carbonyl (C=O) groups excluding carboxylic acids is 4. The van der Waals surface area contributed by atoms with Crippen molar-refractivity contribution in [3.63, 3.8) is 0 Å². The van der Waals surface area contributed by atoms with Crippen LogP contribution in [-0.2, 0) is 23.9 Å². The fourth-order valence-electron chi connectivity index (χ4n) is 3.46. The molecule has 1 aromatic rings. The second kappa shape index (κ2) is 13.0. The predicted molar refractivity (Wildman–Crippen MR) is 122 cm³/mol. The van der Waals surface area contributed by atoms with Gasteiger partial charge in [-0.1, -0.05) is 0 Å². The number of aliphatic hydroxyl groups excluding tert-OH is 4. The van der Waals surface area contributed by atoms with Crippen molar-refractivity contribution in [3.05, 3.63) is 22.7 Å². The molecule has 0 aliphatic carbocycles. The lowest BCUT2D eigenvalue weighted by Gasteiger charge is -2.42. The van der Waals surface area contributed by atoms with Gasteiger partial charge in [0.1, 0.15) is 30.1 Å². The molecule has 0 bridgehead atoms. The minimum atomic E-state index is -1.93. The lowest BCUT2D eigenvalue weighted by molar-refractivity contribution is -0.212. The summed E-state index contributed by atoms with van der Waals surface area (Å²) < 4.78 is 6.17. The van der Waals surface area contributed by atoms with Crippen LogP contribution in [0.4, 0.5) is 5.82 Å². The van der Waals surface area contributed by atoms with Crippen molar-refractivity contribution in [3.8, 4) is 0 Å². The number of nitrogens with zero attached hydrogens (tertiary/aromatic N) is 2. The molecule has 1 saturated heterocycles. The van der Waals surface area contributed by atoms with Gasteiger partial charge in [-0.25, -0.2) is 4.79 Å². The number of anilines is 1. The van der Waals surface area contributed by atoms with E-state index in [0.717, 1.165) is 10.8 Å². The van der Waals surface area contributed by atoms with Crippen molar-refractivity contribution >= 4 is 29.4 Å². The van der Waals surface area contributed by atoms with Crippen molar-refractivity contribution in [2.75, 3.05) is 32.5 Å². The first-order valence-corrected chi connectivity index (χ1v) is 10.9. The first-order valence-electron chi connectivity index (χ1n) is 10.9. The van der Waals surface area contributed by atoms with E-state index in [-0.39, 0.29) is 12.4 Å². The van der Waals surface area contributed by atoms with Crippen LogP contribution in [0.3, 0.4) is 0 Å². The Morgan fingerprint density at radius 3 is 2.27 bits per heavy atom. The van der Waals surface area contributed by atoms with Gasteiger partial charge >= 0.3 is 5.69 Å². The van der Waals surface area contributed by atoms with Gasteiger partial charge in [0, 0.05) is 6.20 Å². The predicted octanol–water partition coefficient (Wildman–Crippen LogP) is -7.41. The van der Waals surface area contributed by atoms with Crippen LogP contribution in [0.1, 0.15) is 6.23 Å². The number of aromatic nitrogens is 2. The van der Waals surface area contributed by atoms with E-state index in [0.29, 0.717) is 0 Å². The highest BCUT2D eigenvalue weighted by Gasteiger charge is 2.49. The molecule has 4 amide bonds. The number of nitrogen functional groups attached to an aromatic ring is 1. The van der Waals surface area contributed by atoms with Crippen LogP contribution < -0.4 is 38.4 Å². The van der Waals surface area contributed by atoms with Crippen LogP contribution in [0.2, 0.25) is 0 Å². The van der Waals surface area contributed by atoms with E-state index < -0.39 is 85.2 Å². The van der Waals surface area contributed by atoms with Gasteiger partial charge in [0.15, 0.2) is 12.3 Å². The van der Waals surface area contributed by atoms with Crippen molar-refractivity contribution in [1.82, 2.24) is 30.8 Å². The normalized spacial score (nSPS) is 24.9. The molecular formula is C19H30N8O10. The number of likely N-dealkylation sites (N-methyl/N-ethyl adjacent to an activating group) is 1. The number of ether oxygens (including phenoxy) is 1. The monoisotopic (exact) mass is 530 g/mol. The molecule has 2 heterocycles. The third-order valence-corrected chi connectivity index (χ3v) is 5.32. The summed E-state index contributed by atoms with van der Waals surface area (Å²) in [6.45, 7) is -1.96. The van der Waals surface area contributed by atoms with Gasteiger partial charge in [0.2, 0.25) is 23.6 Å². The molecule has 0 radical (unpaired) electrons. The topological polar surface area (TPSA) is 293 Å². The molecule has 18 nitrogen and oxygen atoms in total. The van der Waals surface area contributed by atoms with Crippen molar-refractivity contribution in [2.45, 2.75) is 42.7 Å². The molecule has 37 heavy (non-hydrogen) atoms. The summed E-state index contributed by atoms with van der Waals surface area (Å²) in [6, 6.07) is -3.61. The van der Waals surface area contributed by atoms with Crippen LogP contribution in [0.5, 0.6) is 0 Å². The first-order chi connectivity index (χ1) is 17.4. The fraction of sp³-hybridized carbons (Fsp3) is 0.579. The number of hydrogen-bond donors (Lipinski definition) is 10. The number of rotatable bonds is 11. The summed E-state index contributed by atoms with van der Waals surface area (Å²) in [5.74, 6) is -4.11. The second-order valence-corrected chi connectivity index (χ2v) is 7.98. The van der Waals surface area contributed by atoms with Gasteiger partial charge in [-0.15, -0.1) is 0 Å². The number of hydrogen-bond acceptors (Lipinski definition) is 13. The standard InChI is InChI=1S/C19H30N8O10/c1-22-4-10(30)23-7(5-28)16(34)24-8(6-29)17(35)26-11-12(31)13(32)18(37-14(11)15(21)33)27-3-2-9(20)25-19(27)36/h2-3,7-8,11-14,18,22,28-29,31-32H,4-6H2,1H3,(H2,21,33)(H,23,30)(H,24,34)(H,26,35)(H2,20,25,36)/t7-,8+,11-,12+,13+,14+,18-/m1/s1. The molecule has 12 N–H and O–H groups in total. The van der Waals surface area contributed by atoms with Crippen LogP contribution in [0, 0.1) is 0 Å². The Labute approximate surface area is 209 Å². The highest BCUT2D eigenvalue weighted by molar-refractivity contribution is 5.93. The van der Waals surface area contributed by atoms with E-state index in [9.17, 15) is 44.4 Å². The Hall–Kier alpha value is -3.68. The zero-order valence-corrected chi connectivity index (χ0v) is 19.6. The third kappa shape index (κ3) is 7.18. The summed E-state index contributed by atoms with van der Waals surface area (Å²) in [5, 5.41) is 49.2. The summed E-state index contributed by atoms with van der Waals surface area (Å²) in [6.07, 6.45) is -6.12. The zero-order valence-electron chi connectivity index (χ0n) is 19.6. The number of amides is 4. The van der Waals surface area contributed by atoms with Gasteiger partial charge in [0.25, 0.3) is 0 Å². The molecule has 0 saturated carbocycles. The Kier molecular flexibility index (Phi) is 10.4. The SMILES string of the molecule is CNCC(=O)N[C@H](CO)C(=O)N[C@@H](CO)C(=O)N[C@@H]1[C@H](O)[C@H](O)[C@H](n2ccc(N)nc2=O)O[C@@H]1C(N)=O. The quantitative estimate of drug-likeness (QED) is 0.127. The molecular weight excluding hydrogens is 500 g/mol. The lowest BCUT2D eigenvalue weighted by atomic mass is 9.94. The summed E-state index contributed by atoms with van der Waals surface area (Å²) in [7, 11) is 1.48. The Morgan fingerprint density at radius 2 is 1.73 bits per heavy atom. The molecule has 1 aromatic heterocycles. The molecule has 1 aliphatic heterocycles. The van der Waals surface area contributed by atoms with E-state index >= 15 is 0 Å². The van der Waals surface area contributed by atoms with E-state index in [2.05, 4.69) is 26.3 Å². The van der Waals surface area contributed by atoms with Gasteiger partial charge < -0.3 is 57.9 Å². The first kappa shape index (κ1) is 29.5. The van der Waals surface area contributed by atoms with Gasteiger partial charge in [-0.3, -0.25) is 23.7 Å². The van der Waals surface area contributed by atoms with Gasteiger partial charge in [-0.05, 0) is 13.1 Å². The molecule has 7 atom stereocenters. The van der Waals surface area contributed by atoms with E-state index in [1.807, 2.05) is 0 Å². The average molecular weight is 530 g/mol. The number of carbonyl (C=O) groups is 4. The van der Waals surface area contributed by atoms with Crippen LogP contribution >= 0.6 is 0 Å². The minimum Gasteiger partial charge on any atom is -0.394 e. The minimum absolute atomic E-state index is 0.134. The van der Waals surface area contributed by atoms with E-state index in [1.165, 1.54) is 13.1 Å². The number of nitrogens with two attached hydrogens (primary N) is 2. The molecule has 18 heteroatoms. The maximum atomic E-state index is 12.8. The van der Waals surface area contributed by atoms with Crippen molar-refractivity contribution < 1.29 is 44.3 Å². The maximum Gasteiger partial charge on any atom is 0.351 e. The highest BCUT2D eigenvalue weighted by atomic mass is 16.5. The smallest absolute Gasteiger partial charge is 0.351 e. The highest BCUT2D eigenvalue weighted by Crippen LogP contribution is 2.27.